The predicted molar refractivity (Wildman–Crippen MR) is 72.8 cm³/mol. The van der Waals surface area contributed by atoms with Crippen molar-refractivity contribution in [3.8, 4) is 0 Å². The summed E-state index contributed by atoms with van der Waals surface area (Å²) in [5.74, 6) is -0.412. The van der Waals surface area contributed by atoms with Crippen LogP contribution in [0.1, 0.15) is 24.5 Å². The van der Waals surface area contributed by atoms with E-state index in [-0.39, 0.29) is 16.8 Å². The zero-order valence-corrected chi connectivity index (χ0v) is 11.7. The van der Waals surface area contributed by atoms with Crippen molar-refractivity contribution in [2.24, 2.45) is 5.73 Å². The molecule has 2 aromatic rings. The van der Waals surface area contributed by atoms with Gasteiger partial charge in [-0.05, 0) is 13.0 Å². The minimum atomic E-state index is -0.539. The van der Waals surface area contributed by atoms with E-state index in [9.17, 15) is 9.18 Å². The molecule has 1 amide bonds. The van der Waals surface area contributed by atoms with Gasteiger partial charge in [0.2, 0.25) is 5.91 Å². The first-order chi connectivity index (χ1) is 8.90. The maximum absolute atomic E-state index is 13.4. The van der Waals surface area contributed by atoms with E-state index in [1.807, 2.05) is 0 Å². The molecule has 0 saturated carbocycles. The molecular formula is C12H12Cl2FN3O. The average molecular weight is 304 g/mol. The van der Waals surface area contributed by atoms with Gasteiger partial charge in [-0.3, -0.25) is 4.79 Å². The van der Waals surface area contributed by atoms with Crippen LogP contribution in [0, 0.1) is 5.82 Å². The van der Waals surface area contributed by atoms with E-state index < -0.39 is 11.7 Å². The fourth-order valence-corrected chi connectivity index (χ4v) is 2.22. The van der Waals surface area contributed by atoms with Crippen LogP contribution in [-0.4, -0.2) is 15.5 Å². The lowest BCUT2D eigenvalue weighted by atomic mass is 10.3. The third-order valence-corrected chi connectivity index (χ3v) is 3.24. The Balaban J connectivity index is 2.58. The first kappa shape index (κ1) is 14.1. The maximum Gasteiger partial charge on any atom is 0.219 e. The number of aromatic nitrogens is 2. The highest BCUT2D eigenvalue weighted by Crippen LogP contribution is 2.28. The van der Waals surface area contributed by atoms with E-state index in [2.05, 4.69) is 4.98 Å². The number of amides is 1. The van der Waals surface area contributed by atoms with Crippen LogP contribution < -0.4 is 5.73 Å². The summed E-state index contributed by atoms with van der Waals surface area (Å²) in [6, 6.07) is 2.73. The Kier molecular flexibility index (Phi) is 3.96. The van der Waals surface area contributed by atoms with Crippen LogP contribution in [0.2, 0.25) is 5.02 Å². The van der Waals surface area contributed by atoms with Crippen LogP contribution in [0.5, 0.6) is 0 Å². The van der Waals surface area contributed by atoms with Crippen molar-refractivity contribution in [2.75, 3.05) is 0 Å². The lowest BCUT2D eigenvalue weighted by Gasteiger charge is -2.09. The quantitative estimate of drug-likeness (QED) is 0.883. The summed E-state index contributed by atoms with van der Waals surface area (Å²) in [6.45, 7) is 2.09. The number of alkyl halides is 1. The van der Waals surface area contributed by atoms with Gasteiger partial charge in [-0.25, -0.2) is 9.37 Å². The van der Waals surface area contributed by atoms with Crippen LogP contribution in [0.15, 0.2) is 12.1 Å². The van der Waals surface area contributed by atoms with Crippen LogP contribution in [-0.2, 0) is 11.3 Å². The van der Waals surface area contributed by atoms with Crippen molar-refractivity contribution in [3.63, 3.8) is 0 Å². The van der Waals surface area contributed by atoms with Crippen LogP contribution >= 0.6 is 23.2 Å². The molecule has 19 heavy (non-hydrogen) atoms. The predicted octanol–water partition coefficient (Wildman–Crippen LogP) is 3.00. The van der Waals surface area contributed by atoms with Crippen molar-refractivity contribution in [2.45, 2.75) is 25.3 Å². The minimum absolute atomic E-state index is 0.00139. The summed E-state index contributed by atoms with van der Waals surface area (Å²) in [4.78, 5) is 15.2. The van der Waals surface area contributed by atoms with Crippen molar-refractivity contribution >= 4 is 40.1 Å². The normalized spacial score (nSPS) is 12.8. The molecule has 0 radical (unpaired) electrons. The zero-order chi connectivity index (χ0) is 14.2. The second-order valence-electron chi connectivity index (χ2n) is 4.21. The Hall–Kier alpha value is -1.33. The monoisotopic (exact) mass is 303 g/mol. The Labute approximate surface area is 119 Å². The number of benzene rings is 1. The number of carbonyl (C=O) groups excluding carboxylic acids is 1. The number of fused-ring (bicyclic) bond motifs is 1. The summed E-state index contributed by atoms with van der Waals surface area (Å²) >= 11 is 11.8. The molecule has 0 aliphatic heterocycles. The lowest BCUT2D eigenvalue weighted by molar-refractivity contribution is -0.118. The van der Waals surface area contributed by atoms with Gasteiger partial charge in [0.05, 0.1) is 21.4 Å². The molecule has 1 heterocycles. The Morgan fingerprint density at radius 1 is 1.58 bits per heavy atom. The molecule has 4 nitrogen and oxygen atoms in total. The first-order valence-electron chi connectivity index (χ1n) is 5.67. The highest BCUT2D eigenvalue weighted by atomic mass is 35.5. The SMILES string of the molecule is CC(Cl)c1nc2cc(F)c(Cl)cc2n1CCC(N)=O. The maximum atomic E-state index is 13.4. The van der Waals surface area contributed by atoms with E-state index in [0.717, 1.165) is 0 Å². The number of nitrogens with zero attached hydrogens (tertiary/aromatic N) is 2. The molecule has 0 aliphatic carbocycles. The van der Waals surface area contributed by atoms with Crippen molar-refractivity contribution in [1.82, 2.24) is 9.55 Å². The number of imidazole rings is 1. The number of primary amides is 1. The van der Waals surface area contributed by atoms with Gasteiger partial charge >= 0.3 is 0 Å². The average Bonchev–Trinajstić information content (AvgIpc) is 2.65. The Morgan fingerprint density at radius 3 is 2.84 bits per heavy atom. The third kappa shape index (κ3) is 2.82. The van der Waals surface area contributed by atoms with Gasteiger partial charge in [0.1, 0.15) is 11.6 Å². The van der Waals surface area contributed by atoms with Crippen LogP contribution in [0.25, 0.3) is 11.0 Å². The molecule has 1 aromatic heterocycles. The molecule has 0 spiro atoms. The molecule has 0 fully saturated rings. The van der Waals surface area contributed by atoms with Gasteiger partial charge < -0.3 is 10.3 Å². The third-order valence-electron chi connectivity index (χ3n) is 2.76. The second-order valence-corrected chi connectivity index (χ2v) is 5.27. The summed E-state index contributed by atoms with van der Waals surface area (Å²) in [5, 5.41) is -0.372. The van der Waals surface area contributed by atoms with Gasteiger partial charge in [0, 0.05) is 19.0 Å². The molecule has 1 aromatic carbocycles. The van der Waals surface area contributed by atoms with Crippen molar-refractivity contribution in [3.05, 3.63) is 28.8 Å². The number of aryl methyl sites for hydroxylation is 1. The van der Waals surface area contributed by atoms with E-state index in [1.165, 1.54) is 12.1 Å². The number of halogens is 3. The molecule has 2 rings (SSSR count). The molecule has 0 aliphatic rings. The minimum Gasteiger partial charge on any atom is -0.370 e. The van der Waals surface area contributed by atoms with E-state index in [4.69, 9.17) is 28.9 Å². The summed E-state index contributed by atoms with van der Waals surface area (Å²) < 4.78 is 15.2. The van der Waals surface area contributed by atoms with E-state index in [1.54, 1.807) is 11.5 Å². The molecule has 102 valence electrons. The lowest BCUT2D eigenvalue weighted by Crippen LogP contribution is -2.15. The molecule has 0 bridgehead atoms. The van der Waals surface area contributed by atoms with E-state index >= 15 is 0 Å². The Morgan fingerprint density at radius 2 is 2.26 bits per heavy atom. The van der Waals surface area contributed by atoms with Gasteiger partial charge in [-0.2, -0.15) is 0 Å². The number of hydrogen-bond donors (Lipinski definition) is 1. The van der Waals surface area contributed by atoms with Gasteiger partial charge in [0.25, 0.3) is 0 Å². The highest BCUT2D eigenvalue weighted by Gasteiger charge is 2.17. The first-order valence-corrected chi connectivity index (χ1v) is 6.49. The van der Waals surface area contributed by atoms with Crippen molar-refractivity contribution < 1.29 is 9.18 Å². The molecule has 7 heteroatoms. The zero-order valence-electron chi connectivity index (χ0n) is 10.2. The number of hydrogen-bond acceptors (Lipinski definition) is 2. The van der Waals surface area contributed by atoms with E-state index in [0.29, 0.717) is 23.4 Å². The van der Waals surface area contributed by atoms with Gasteiger partial charge in [-0.15, -0.1) is 11.6 Å². The standard InChI is InChI=1S/C12H12Cl2FN3O/c1-6(13)12-17-9-5-8(15)7(14)4-10(9)18(12)3-2-11(16)19/h4-6H,2-3H2,1H3,(H2,16,19). The number of carbonyl (C=O) groups is 1. The summed E-state index contributed by atoms with van der Waals surface area (Å²) in [7, 11) is 0. The second kappa shape index (κ2) is 5.35. The van der Waals surface area contributed by atoms with Gasteiger partial charge in [-0.1, -0.05) is 11.6 Å². The number of nitrogens with two attached hydrogens (primary N) is 1. The summed E-state index contributed by atoms with van der Waals surface area (Å²) in [6.07, 6.45) is 0.150. The molecule has 2 N–H and O–H groups in total. The van der Waals surface area contributed by atoms with Crippen LogP contribution in [0.4, 0.5) is 4.39 Å². The molecule has 0 saturated heterocycles. The van der Waals surface area contributed by atoms with Crippen LogP contribution in [0.3, 0.4) is 0 Å². The molecular weight excluding hydrogens is 292 g/mol. The van der Waals surface area contributed by atoms with Gasteiger partial charge in [0.15, 0.2) is 0 Å². The topological polar surface area (TPSA) is 60.9 Å². The molecule has 1 unspecified atom stereocenters. The fourth-order valence-electron chi connectivity index (χ4n) is 1.90. The fraction of sp³-hybridized carbons (Fsp3) is 0.333. The number of rotatable bonds is 4. The largest absolute Gasteiger partial charge is 0.370 e. The Bertz CT molecular complexity index is 639. The smallest absolute Gasteiger partial charge is 0.219 e. The van der Waals surface area contributed by atoms with Crippen molar-refractivity contribution in [1.29, 1.82) is 0 Å². The summed E-state index contributed by atoms with van der Waals surface area (Å²) in [5.41, 5.74) is 6.23. The molecule has 1 atom stereocenters. The highest BCUT2D eigenvalue weighted by molar-refractivity contribution is 6.31.